The summed E-state index contributed by atoms with van der Waals surface area (Å²) in [7, 11) is 0. The molecule has 2 aromatic rings. The number of para-hydroxylation sites is 1. The molecule has 0 aliphatic carbocycles. The van der Waals surface area contributed by atoms with Crippen molar-refractivity contribution in [3.63, 3.8) is 0 Å². The molecule has 0 radical (unpaired) electrons. The summed E-state index contributed by atoms with van der Waals surface area (Å²) in [5.74, 6) is 0.421. The van der Waals surface area contributed by atoms with E-state index in [9.17, 15) is 0 Å². The van der Waals surface area contributed by atoms with E-state index in [0.29, 0.717) is 12.5 Å². The van der Waals surface area contributed by atoms with Gasteiger partial charge in [0.05, 0.1) is 11.6 Å². The van der Waals surface area contributed by atoms with Gasteiger partial charge in [-0.2, -0.15) is 0 Å². The molecule has 3 rings (SSSR count). The third-order valence-corrected chi connectivity index (χ3v) is 3.74. The van der Waals surface area contributed by atoms with Crippen LogP contribution in [-0.2, 0) is 4.74 Å². The van der Waals surface area contributed by atoms with Crippen molar-refractivity contribution in [1.29, 1.82) is 0 Å². The van der Waals surface area contributed by atoms with Gasteiger partial charge in [0.1, 0.15) is 0 Å². The lowest BCUT2D eigenvalue weighted by Crippen LogP contribution is -2.28. The quantitative estimate of drug-likeness (QED) is 0.880. The van der Waals surface area contributed by atoms with E-state index in [1.165, 1.54) is 10.9 Å². The van der Waals surface area contributed by atoms with Gasteiger partial charge in [0.15, 0.2) is 0 Å². The summed E-state index contributed by atoms with van der Waals surface area (Å²) in [6, 6.07) is 10.3. The number of rotatable bonds is 2. The van der Waals surface area contributed by atoms with Crippen LogP contribution < -0.4 is 5.73 Å². The van der Waals surface area contributed by atoms with E-state index in [4.69, 9.17) is 10.5 Å². The summed E-state index contributed by atoms with van der Waals surface area (Å²) in [5.41, 5.74) is 8.14. The van der Waals surface area contributed by atoms with Crippen molar-refractivity contribution in [3.8, 4) is 0 Å². The normalized spacial score (nSPS) is 24.3. The first-order chi connectivity index (χ1) is 8.90. The molecule has 1 aromatic heterocycles. The Labute approximate surface area is 107 Å². The van der Waals surface area contributed by atoms with E-state index in [1.807, 2.05) is 24.4 Å². The van der Waals surface area contributed by atoms with E-state index < -0.39 is 0 Å². The smallest absolute Gasteiger partial charge is 0.0872 e. The van der Waals surface area contributed by atoms with Crippen LogP contribution in [-0.4, -0.2) is 18.1 Å². The molecule has 3 nitrogen and oxygen atoms in total. The Bertz CT molecular complexity index is 536. The Hall–Kier alpha value is -1.45. The van der Waals surface area contributed by atoms with Gasteiger partial charge in [0.25, 0.3) is 0 Å². The summed E-state index contributed by atoms with van der Waals surface area (Å²) in [6.07, 6.45) is 4.25. The minimum Gasteiger partial charge on any atom is -0.373 e. The van der Waals surface area contributed by atoms with Crippen LogP contribution in [0.3, 0.4) is 0 Å². The molecule has 1 aliphatic heterocycles. The molecule has 0 amide bonds. The molecule has 1 fully saturated rings. The molecule has 94 valence electrons. The maximum absolute atomic E-state index is 5.97. The van der Waals surface area contributed by atoms with Gasteiger partial charge in [-0.15, -0.1) is 0 Å². The summed E-state index contributed by atoms with van der Waals surface area (Å²) < 4.78 is 5.97. The molecular weight excluding hydrogens is 224 g/mol. The van der Waals surface area contributed by atoms with Gasteiger partial charge in [0.2, 0.25) is 0 Å². The Kier molecular flexibility index (Phi) is 3.26. The van der Waals surface area contributed by atoms with Gasteiger partial charge in [-0.25, -0.2) is 0 Å². The molecule has 18 heavy (non-hydrogen) atoms. The van der Waals surface area contributed by atoms with Gasteiger partial charge < -0.3 is 10.5 Å². The fourth-order valence-electron chi connectivity index (χ4n) is 2.79. The number of fused-ring (bicyclic) bond motifs is 1. The monoisotopic (exact) mass is 242 g/mol. The number of hydrogen-bond donors (Lipinski definition) is 1. The van der Waals surface area contributed by atoms with Crippen molar-refractivity contribution < 1.29 is 4.74 Å². The number of hydrogen-bond acceptors (Lipinski definition) is 3. The number of nitrogens with zero attached hydrogens (tertiary/aromatic N) is 1. The zero-order valence-corrected chi connectivity index (χ0v) is 10.4. The molecule has 0 saturated carbocycles. The van der Waals surface area contributed by atoms with Crippen molar-refractivity contribution >= 4 is 10.9 Å². The second-order valence-corrected chi connectivity index (χ2v) is 4.85. The third-order valence-electron chi connectivity index (χ3n) is 3.74. The predicted molar refractivity (Wildman–Crippen MR) is 72.2 cm³/mol. The van der Waals surface area contributed by atoms with Crippen molar-refractivity contribution in [1.82, 2.24) is 4.98 Å². The first-order valence-corrected chi connectivity index (χ1v) is 6.55. The molecule has 0 bridgehead atoms. The van der Waals surface area contributed by atoms with Gasteiger partial charge in [-0.1, -0.05) is 18.2 Å². The predicted octanol–water partition coefficient (Wildman–Crippen LogP) is 2.66. The van der Waals surface area contributed by atoms with Gasteiger partial charge in [0, 0.05) is 24.1 Å². The van der Waals surface area contributed by atoms with E-state index in [1.54, 1.807) is 0 Å². The largest absolute Gasteiger partial charge is 0.373 e. The highest BCUT2D eigenvalue weighted by atomic mass is 16.5. The van der Waals surface area contributed by atoms with E-state index in [2.05, 4.69) is 17.1 Å². The Balaban J connectivity index is 2.07. The van der Waals surface area contributed by atoms with Gasteiger partial charge in [-0.3, -0.25) is 4.98 Å². The van der Waals surface area contributed by atoms with Crippen molar-refractivity contribution in [2.24, 2.45) is 11.7 Å². The van der Waals surface area contributed by atoms with E-state index >= 15 is 0 Å². The van der Waals surface area contributed by atoms with Crippen LogP contribution in [0.2, 0.25) is 0 Å². The Morgan fingerprint density at radius 1 is 1.28 bits per heavy atom. The van der Waals surface area contributed by atoms with E-state index in [-0.39, 0.29) is 6.10 Å². The zero-order valence-electron chi connectivity index (χ0n) is 10.4. The SMILES string of the molecule is NCC1CCCOC1c1ccnc2ccccc12. The number of benzene rings is 1. The van der Waals surface area contributed by atoms with E-state index in [0.717, 1.165) is 25.0 Å². The molecule has 0 spiro atoms. The lowest BCUT2D eigenvalue weighted by atomic mass is 9.88. The summed E-state index contributed by atoms with van der Waals surface area (Å²) in [5, 5.41) is 1.19. The van der Waals surface area contributed by atoms with Crippen LogP contribution in [0.15, 0.2) is 36.5 Å². The first-order valence-electron chi connectivity index (χ1n) is 6.55. The highest BCUT2D eigenvalue weighted by Crippen LogP contribution is 2.35. The average Bonchev–Trinajstić information content (AvgIpc) is 2.46. The summed E-state index contributed by atoms with van der Waals surface area (Å²) in [4.78, 5) is 4.40. The zero-order chi connectivity index (χ0) is 12.4. The lowest BCUT2D eigenvalue weighted by Gasteiger charge is -2.31. The number of pyridine rings is 1. The van der Waals surface area contributed by atoms with Crippen LogP contribution >= 0.6 is 0 Å². The van der Waals surface area contributed by atoms with Crippen molar-refractivity contribution in [2.45, 2.75) is 18.9 Å². The minimum absolute atomic E-state index is 0.122. The maximum Gasteiger partial charge on any atom is 0.0872 e. The molecular formula is C15H18N2O. The van der Waals surface area contributed by atoms with Crippen LogP contribution in [0.4, 0.5) is 0 Å². The highest BCUT2D eigenvalue weighted by molar-refractivity contribution is 5.82. The molecule has 3 heteroatoms. The minimum atomic E-state index is 0.122. The fraction of sp³-hybridized carbons (Fsp3) is 0.400. The second kappa shape index (κ2) is 5.04. The number of ether oxygens (including phenoxy) is 1. The van der Waals surface area contributed by atoms with Crippen LogP contribution in [0.25, 0.3) is 10.9 Å². The van der Waals surface area contributed by atoms with Crippen LogP contribution in [0.1, 0.15) is 24.5 Å². The maximum atomic E-state index is 5.97. The first kappa shape index (κ1) is 11.6. The average molecular weight is 242 g/mol. The molecule has 2 N–H and O–H groups in total. The van der Waals surface area contributed by atoms with Crippen molar-refractivity contribution in [2.75, 3.05) is 13.2 Å². The number of aromatic nitrogens is 1. The van der Waals surface area contributed by atoms with Crippen LogP contribution in [0.5, 0.6) is 0 Å². The molecule has 1 saturated heterocycles. The third kappa shape index (κ3) is 2.00. The lowest BCUT2D eigenvalue weighted by molar-refractivity contribution is -0.0243. The Morgan fingerprint density at radius 3 is 3.06 bits per heavy atom. The highest BCUT2D eigenvalue weighted by Gasteiger charge is 2.27. The molecule has 1 aliphatic rings. The second-order valence-electron chi connectivity index (χ2n) is 4.85. The molecule has 2 atom stereocenters. The molecule has 1 aromatic carbocycles. The summed E-state index contributed by atoms with van der Waals surface area (Å²) >= 11 is 0. The standard InChI is InChI=1S/C15H18N2O/c16-10-11-4-3-9-18-15(11)13-7-8-17-14-6-2-1-5-12(13)14/h1-2,5-8,11,15H,3-4,9-10,16H2. The fourth-order valence-corrected chi connectivity index (χ4v) is 2.79. The molecule has 2 unspecified atom stereocenters. The van der Waals surface area contributed by atoms with Crippen LogP contribution in [0, 0.1) is 5.92 Å². The topological polar surface area (TPSA) is 48.1 Å². The van der Waals surface area contributed by atoms with Crippen molar-refractivity contribution in [3.05, 3.63) is 42.1 Å². The van der Waals surface area contributed by atoms with Gasteiger partial charge in [-0.05, 0) is 37.1 Å². The van der Waals surface area contributed by atoms with Gasteiger partial charge >= 0.3 is 0 Å². The number of nitrogens with two attached hydrogens (primary N) is 1. The molecule has 2 heterocycles. The summed E-state index contributed by atoms with van der Waals surface area (Å²) in [6.45, 7) is 1.51. The Morgan fingerprint density at radius 2 is 2.17 bits per heavy atom.